The third kappa shape index (κ3) is 4.45. The van der Waals surface area contributed by atoms with Crippen molar-refractivity contribution in [1.82, 2.24) is 10.6 Å². The normalized spacial score (nSPS) is 17.4. The van der Waals surface area contributed by atoms with Crippen molar-refractivity contribution in [2.24, 2.45) is 0 Å². The number of hydrogen-bond acceptors (Lipinski definition) is 2. The standard InChI is InChI=1S/C17H25ClN2O/c1-19-12-9-16(21)20-13-17(10-3-2-4-11-17)14-5-7-15(18)8-6-14/h5-8,19H,2-4,9-13H2,1H3,(H,20,21). The average molecular weight is 309 g/mol. The Balaban J connectivity index is 2.06. The number of benzene rings is 1. The molecule has 1 saturated carbocycles. The predicted molar refractivity (Wildman–Crippen MR) is 87.8 cm³/mol. The fraction of sp³-hybridized carbons (Fsp3) is 0.588. The Kier molecular flexibility index (Phi) is 6.07. The van der Waals surface area contributed by atoms with Gasteiger partial charge in [0.2, 0.25) is 5.91 Å². The fourth-order valence-electron chi connectivity index (χ4n) is 3.19. The SMILES string of the molecule is CNCCC(=O)NCC1(c2ccc(Cl)cc2)CCCCC1. The smallest absolute Gasteiger partial charge is 0.221 e. The van der Waals surface area contributed by atoms with E-state index >= 15 is 0 Å². The van der Waals surface area contributed by atoms with Crippen LogP contribution in [0.5, 0.6) is 0 Å². The van der Waals surface area contributed by atoms with Crippen molar-refractivity contribution < 1.29 is 4.79 Å². The molecule has 1 amide bonds. The molecule has 0 saturated heterocycles. The Morgan fingerprint density at radius 2 is 1.86 bits per heavy atom. The number of carbonyl (C=O) groups is 1. The zero-order chi connectivity index (χ0) is 15.1. The highest BCUT2D eigenvalue weighted by Gasteiger charge is 2.34. The number of nitrogens with one attached hydrogen (secondary N) is 2. The predicted octanol–water partition coefficient (Wildman–Crippen LogP) is 3.27. The third-order valence-corrected chi connectivity index (χ3v) is 4.75. The Labute approximate surface area is 132 Å². The second-order valence-corrected chi connectivity index (χ2v) is 6.41. The quantitative estimate of drug-likeness (QED) is 0.847. The van der Waals surface area contributed by atoms with Gasteiger partial charge in [-0.25, -0.2) is 0 Å². The summed E-state index contributed by atoms with van der Waals surface area (Å²) in [4.78, 5) is 11.9. The van der Waals surface area contributed by atoms with Crippen LogP contribution in [0.15, 0.2) is 24.3 Å². The molecule has 1 aliphatic rings. The molecule has 0 radical (unpaired) electrons. The maximum atomic E-state index is 11.9. The van der Waals surface area contributed by atoms with Crippen molar-refractivity contribution in [3.8, 4) is 0 Å². The first-order valence-electron chi connectivity index (χ1n) is 7.84. The van der Waals surface area contributed by atoms with E-state index in [1.807, 2.05) is 19.2 Å². The van der Waals surface area contributed by atoms with Crippen LogP contribution in [0.3, 0.4) is 0 Å². The molecule has 1 aliphatic carbocycles. The monoisotopic (exact) mass is 308 g/mol. The molecule has 0 aromatic heterocycles. The highest BCUT2D eigenvalue weighted by atomic mass is 35.5. The first-order valence-corrected chi connectivity index (χ1v) is 8.21. The summed E-state index contributed by atoms with van der Waals surface area (Å²) in [6.07, 6.45) is 6.57. The molecule has 1 aromatic rings. The molecule has 2 N–H and O–H groups in total. The first-order chi connectivity index (χ1) is 10.2. The number of rotatable bonds is 6. The largest absolute Gasteiger partial charge is 0.355 e. The molecular weight excluding hydrogens is 284 g/mol. The van der Waals surface area contributed by atoms with E-state index in [0.29, 0.717) is 6.42 Å². The van der Waals surface area contributed by atoms with Crippen molar-refractivity contribution >= 4 is 17.5 Å². The Bertz CT molecular complexity index is 452. The minimum atomic E-state index is 0.0815. The van der Waals surface area contributed by atoms with Crippen LogP contribution in [0.1, 0.15) is 44.1 Å². The van der Waals surface area contributed by atoms with Gasteiger partial charge in [0.15, 0.2) is 0 Å². The van der Waals surface area contributed by atoms with Crippen molar-refractivity contribution in [2.75, 3.05) is 20.1 Å². The maximum Gasteiger partial charge on any atom is 0.221 e. The zero-order valence-electron chi connectivity index (χ0n) is 12.8. The van der Waals surface area contributed by atoms with Gasteiger partial charge in [-0.05, 0) is 37.6 Å². The van der Waals surface area contributed by atoms with Gasteiger partial charge in [0.25, 0.3) is 0 Å². The van der Waals surface area contributed by atoms with E-state index in [2.05, 4.69) is 22.8 Å². The molecule has 4 heteroatoms. The lowest BCUT2D eigenvalue weighted by Crippen LogP contribution is -2.42. The van der Waals surface area contributed by atoms with Gasteiger partial charge < -0.3 is 10.6 Å². The first kappa shape index (κ1) is 16.3. The van der Waals surface area contributed by atoms with E-state index in [-0.39, 0.29) is 11.3 Å². The molecule has 0 atom stereocenters. The van der Waals surface area contributed by atoms with Gasteiger partial charge in [0, 0.05) is 29.9 Å². The van der Waals surface area contributed by atoms with Crippen molar-refractivity contribution in [3.05, 3.63) is 34.9 Å². The number of amides is 1. The summed E-state index contributed by atoms with van der Waals surface area (Å²) in [5.74, 6) is 0.128. The maximum absolute atomic E-state index is 11.9. The molecule has 21 heavy (non-hydrogen) atoms. The fourth-order valence-corrected chi connectivity index (χ4v) is 3.32. The van der Waals surface area contributed by atoms with Gasteiger partial charge in [0.05, 0.1) is 0 Å². The molecule has 1 fully saturated rings. The van der Waals surface area contributed by atoms with Gasteiger partial charge in [-0.2, -0.15) is 0 Å². The lowest BCUT2D eigenvalue weighted by atomic mass is 9.69. The van der Waals surface area contributed by atoms with Crippen molar-refractivity contribution in [1.29, 1.82) is 0 Å². The van der Waals surface area contributed by atoms with Crippen LogP contribution in [0.4, 0.5) is 0 Å². The summed E-state index contributed by atoms with van der Waals surface area (Å²) < 4.78 is 0. The Hall–Kier alpha value is -1.06. The van der Waals surface area contributed by atoms with Gasteiger partial charge in [-0.3, -0.25) is 4.79 Å². The average Bonchev–Trinajstić information content (AvgIpc) is 2.52. The highest BCUT2D eigenvalue weighted by molar-refractivity contribution is 6.30. The molecule has 3 nitrogen and oxygen atoms in total. The molecule has 0 spiro atoms. The summed E-state index contributed by atoms with van der Waals surface area (Å²) in [6.45, 7) is 1.46. The molecule has 0 unspecified atom stereocenters. The molecular formula is C17H25ClN2O. The number of hydrogen-bond donors (Lipinski definition) is 2. The summed E-state index contributed by atoms with van der Waals surface area (Å²) in [6, 6.07) is 8.15. The summed E-state index contributed by atoms with van der Waals surface area (Å²) in [5.41, 5.74) is 1.39. The second-order valence-electron chi connectivity index (χ2n) is 5.98. The van der Waals surface area contributed by atoms with E-state index in [1.165, 1.54) is 24.8 Å². The summed E-state index contributed by atoms with van der Waals surface area (Å²) in [5, 5.41) is 6.90. The van der Waals surface area contributed by atoms with E-state index in [1.54, 1.807) is 0 Å². The second kappa shape index (κ2) is 7.81. The summed E-state index contributed by atoms with van der Waals surface area (Å²) >= 11 is 6.00. The van der Waals surface area contributed by atoms with Crippen LogP contribution in [0.2, 0.25) is 5.02 Å². The minimum absolute atomic E-state index is 0.0815. The van der Waals surface area contributed by atoms with Gasteiger partial charge in [0.1, 0.15) is 0 Å². The van der Waals surface area contributed by atoms with Gasteiger partial charge in [-0.15, -0.1) is 0 Å². The minimum Gasteiger partial charge on any atom is -0.355 e. The summed E-state index contributed by atoms with van der Waals surface area (Å²) in [7, 11) is 1.86. The number of halogens is 1. The van der Waals surface area contributed by atoms with Gasteiger partial charge >= 0.3 is 0 Å². The van der Waals surface area contributed by atoms with Crippen molar-refractivity contribution in [3.63, 3.8) is 0 Å². The van der Waals surface area contributed by atoms with E-state index in [0.717, 1.165) is 31.0 Å². The van der Waals surface area contributed by atoms with Crippen molar-refractivity contribution in [2.45, 2.75) is 43.9 Å². The van der Waals surface area contributed by atoms with Crippen LogP contribution >= 0.6 is 11.6 Å². The van der Waals surface area contributed by atoms with Crippen LogP contribution in [0, 0.1) is 0 Å². The molecule has 2 rings (SSSR count). The van der Waals surface area contributed by atoms with Crippen LogP contribution in [-0.4, -0.2) is 26.0 Å². The zero-order valence-corrected chi connectivity index (χ0v) is 13.5. The van der Waals surface area contributed by atoms with E-state index < -0.39 is 0 Å². The third-order valence-electron chi connectivity index (χ3n) is 4.49. The Morgan fingerprint density at radius 1 is 1.19 bits per heavy atom. The Morgan fingerprint density at radius 3 is 2.48 bits per heavy atom. The lowest BCUT2D eigenvalue weighted by molar-refractivity contribution is -0.121. The van der Waals surface area contributed by atoms with E-state index in [9.17, 15) is 4.79 Å². The van der Waals surface area contributed by atoms with Crippen LogP contribution in [-0.2, 0) is 10.2 Å². The molecule has 0 aliphatic heterocycles. The molecule has 116 valence electrons. The molecule has 0 heterocycles. The number of carbonyl (C=O) groups excluding carboxylic acids is 1. The molecule has 0 bridgehead atoms. The van der Waals surface area contributed by atoms with Crippen LogP contribution in [0.25, 0.3) is 0 Å². The topological polar surface area (TPSA) is 41.1 Å². The highest BCUT2D eigenvalue weighted by Crippen LogP contribution is 2.39. The van der Waals surface area contributed by atoms with E-state index in [4.69, 9.17) is 11.6 Å². The van der Waals surface area contributed by atoms with Gasteiger partial charge in [-0.1, -0.05) is 43.0 Å². The van der Waals surface area contributed by atoms with Crippen LogP contribution < -0.4 is 10.6 Å². The lowest BCUT2D eigenvalue weighted by Gasteiger charge is -2.38. The molecule has 1 aromatic carbocycles.